The standard InChI is InChI=1S/C17H22N2O/c1-12-6-5-7-14(10-12)17(20)11-19-13(2)18-15-8-3-4-9-16(15)19/h5-7,10,17,20H,3-4,8-9,11H2,1-2H3. The van der Waals surface area contributed by atoms with Crippen molar-refractivity contribution >= 4 is 0 Å². The normalized spacial score (nSPS) is 15.9. The summed E-state index contributed by atoms with van der Waals surface area (Å²) in [6.07, 6.45) is 4.19. The van der Waals surface area contributed by atoms with E-state index in [9.17, 15) is 5.11 Å². The van der Waals surface area contributed by atoms with Gasteiger partial charge in [0.2, 0.25) is 0 Å². The van der Waals surface area contributed by atoms with E-state index in [1.165, 1.54) is 29.8 Å². The molecule has 1 N–H and O–H groups in total. The summed E-state index contributed by atoms with van der Waals surface area (Å²) >= 11 is 0. The number of nitrogens with zero attached hydrogens (tertiary/aromatic N) is 2. The maximum atomic E-state index is 10.5. The molecule has 0 radical (unpaired) electrons. The Bertz CT molecular complexity index is 615. The van der Waals surface area contributed by atoms with Gasteiger partial charge in [-0.15, -0.1) is 0 Å². The van der Waals surface area contributed by atoms with E-state index in [1.807, 2.05) is 19.1 Å². The molecule has 1 atom stereocenters. The lowest BCUT2D eigenvalue weighted by molar-refractivity contribution is 0.154. The molecule has 3 heteroatoms. The number of hydrogen-bond acceptors (Lipinski definition) is 2. The zero-order valence-electron chi connectivity index (χ0n) is 12.3. The van der Waals surface area contributed by atoms with Crippen LogP contribution in [0.3, 0.4) is 0 Å². The number of hydrogen-bond donors (Lipinski definition) is 1. The van der Waals surface area contributed by atoms with Gasteiger partial charge in [0.15, 0.2) is 0 Å². The lowest BCUT2D eigenvalue weighted by Crippen LogP contribution is -2.14. The van der Waals surface area contributed by atoms with Gasteiger partial charge in [-0.05, 0) is 45.1 Å². The number of aliphatic hydroxyl groups is 1. The van der Waals surface area contributed by atoms with Crippen LogP contribution in [0.1, 0.15) is 47.3 Å². The van der Waals surface area contributed by atoms with Crippen LogP contribution in [0.4, 0.5) is 0 Å². The van der Waals surface area contributed by atoms with Crippen LogP contribution in [0.5, 0.6) is 0 Å². The second-order valence-corrected chi connectivity index (χ2v) is 5.80. The highest BCUT2D eigenvalue weighted by Crippen LogP contribution is 2.25. The fraction of sp³-hybridized carbons (Fsp3) is 0.471. The fourth-order valence-electron chi connectivity index (χ4n) is 3.13. The Labute approximate surface area is 120 Å². The van der Waals surface area contributed by atoms with Gasteiger partial charge in [0.05, 0.1) is 18.3 Å². The van der Waals surface area contributed by atoms with Gasteiger partial charge in [-0.2, -0.15) is 0 Å². The van der Waals surface area contributed by atoms with E-state index < -0.39 is 6.10 Å². The highest BCUT2D eigenvalue weighted by atomic mass is 16.3. The molecule has 20 heavy (non-hydrogen) atoms. The van der Waals surface area contributed by atoms with Crippen molar-refractivity contribution in [2.45, 2.75) is 52.2 Å². The first-order chi connectivity index (χ1) is 9.65. The Kier molecular flexibility index (Phi) is 3.62. The van der Waals surface area contributed by atoms with Crippen LogP contribution in [0.15, 0.2) is 24.3 Å². The monoisotopic (exact) mass is 270 g/mol. The molecule has 0 saturated carbocycles. The smallest absolute Gasteiger partial charge is 0.106 e. The average molecular weight is 270 g/mol. The molecule has 2 aromatic rings. The average Bonchev–Trinajstić information content (AvgIpc) is 2.75. The molecular formula is C17H22N2O. The largest absolute Gasteiger partial charge is 0.387 e. The minimum absolute atomic E-state index is 0.464. The number of aliphatic hydroxyl groups excluding tert-OH is 1. The SMILES string of the molecule is Cc1cccc(C(O)Cn2c(C)nc3c2CCCC3)c1. The molecule has 0 spiro atoms. The molecule has 1 aliphatic rings. The van der Waals surface area contributed by atoms with Gasteiger partial charge in [0.1, 0.15) is 5.82 Å². The summed E-state index contributed by atoms with van der Waals surface area (Å²) in [6.45, 7) is 4.71. The zero-order valence-corrected chi connectivity index (χ0v) is 12.3. The molecular weight excluding hydrogens is 248 g/mol. The highest BCUT2D eigenvalue weighted by Gasteiger charge is 2.20. The van der Waals surface area contributed by atoms with Gasteiger partial charge in [0.25, 0.3) is 0 Å². The Morgan fingerprint density at radius 2 is 2.05 bits per heavy atom. The molecule has 3 rings (SSSR count). The summed E-state index contributed by atoms with van der Waals surface area (Å²) in [6, 6.07) is 8.12. The van der Waals surface area contributed by atoms with E-state index in [4.69, 9.17) is 0 Å². The van der Waals surface area contributed by atoms with E-state index in [2.05, 4.69) is 28.6 Å². The van der Waals surface area contributed by atoms with E-state index in [1.54, 1.807) is 0 Å². The summed E-state index contributed by atoms with van der Waals surface area (Å²) < 4.78 is 2.21. The Balaban J connectivity index is 1.86. The van der Waals surface area contributed by atoms with Crippen molar-refractivity contribution in [2.24, 2.45) is 0 Å². The third kappa shape index (κ3) is 2.50. The minimum Gasteiger partial charge on any atom is -0.387 e. The van der Waals surface area contributed by atoms with Crippen molar-refractivity contribution in [3.8, 4) is 0 Å². The molecule has 0 fully saturated rings. The van der Waals surface area contributed by atoms with Crippen molar-refractivity contribution in [2.75, 3.05) is 0 Å². The third-order valence-electron chi connectivity index (χ3n) is 4.21. The first kappa shape index (κ1) is 13.4. The molecule has 0 amide bonds. The molecule has 0 bridgehead atoms. The van der Waals surface area contributed by atoms with Crippen molar-refractivity contribution in [1.82, 2.24) is 9.55 Å². The van der Waals surface area contributed by atoms with Crippen molar-refractivity contribution in [3.63, 3.8) is 0 Å². The minimum atomic E-state index is -0.464. The van der Waals surface area contributed by atoms with Gasteiger partial charge in [-0.1, -0.05) is 29.8 Å². The summed E-state index contributed by atoms with van der Waals surface area (Å²) in [4.78, 5) is 4.67. The van der Waals surface area contributed by atoms with E-state index in [0.717, 1.165) is 24.2 Å². The van der Waals surface area contributed by atoms with Crippen LogP contribution in [0.25, 0.3) is 0 Å². The van der Waals surface area contributed by atoms with Crippen LogP contribution in [0, 0.1) is 13.8 Å². The Morgan fingerprint density at radius 3 is 2.85 bits per heavy atom. The molecule has 1 aromatic carbocycles. The number of aromatic nitrogens is 2. The van der Waals surface area contributed by atoms with Crippen LogP contribution in [-0.4, -0.2) is 14.7 Å². The van der Waals surface area contributed by atoms with Crippen LogP contribution in [-0.2, 0) is 19.4 Å². The topological polar surface area (TPSA) is 38.0 Å². The zero-order chi connectivity index (χ0) is 14.1. The van der Waals surface area contributed by atoms with Crippen molar-refractivity contribution in [3.05, 3.63) is 52.6 Å². The first-order valence-corrected chi connectivity index (χ1v) is 7.44. The van der Waals surface area contributed by atoms with E-state index in [0.29, 0.717) is 6.54 Å². The summed E-state index contributed by atoms with van der Waals surface area (Å²) in [7, 11) is 0. The number of fused-ring (bicyclic) bond motifs is 1. The van der Waals surface area contributed by atoms with E-state index in [-0.39, 0.29) is 0 Å². The first-order valence-electron chi connectivity index (χ1n) is 7.44. The molecule has 3 nitrogen and oxygen atoms in total. The maximum Gasteiger partial charge on any atom is 0.106 e. The number of aryl methyl sites for hydroxylation is 3. The number of imidazole rings is 1. The van der Waals surface area contributed by atoms with Crippen LogP contribution in [0.2, 0.25) is 0 Å². The maximum absolute atomic E-state index is 10.5. The van der Waals surface area contributed by atoms with Gasteiger partial charge >= 0.3 is 0 Å². The molecule has 0 saturated heterocycles. The molecule has 106 valence electrons. The fourth-order valence-corrected chi connectivity index (χ4v) is 3.13. The summed E-state index contributed by atoms with van der Waals surface area (Å²) in [5.74, 6) is 1.03. The second-order valence-electron chi connectivity index (χ2n) is 5.80. The third-order valence-corrected chi connectivity index (χ3v) is 4.21. The van der Waals surface area contributed by atoms with E-state index >= 15 is 0 Å². The highest BCUT2D eigenvalue weighted by molar-refractivity contribution is 5.25. The molecule has 1 heterocycles. The van der Waals surface area contributed by atoms with Gasteiger partial charge < -0.3 is 9.67 Å². The van der Waals surface area contributed by atoms with Gasteiger partial charge in [-0.3, -0.25) is 0 Å². The molecule has 0 aliphatic heterocycles. The predicted octanol–water partition coefficient (Wildman–Crippen LogP) is 3.11. The molecule has 1 unspecified atom stereocenters. The van der Waals surface area contributed by atoms with Crippen LogP contribution < -0.4 is 0 Å². The molecule has 1 aliphatic carbocycles. The van der Waals surface area contributed by atoms with Crippen molar-refractivity contribution in [1.29, 1.82) is 0 Å². The van der Waals surface area contributed by atoms with Gasteiger partial charge in [-0.25, -0.2) is 4.98 Å². The Hall–Kier alpha value is -1.61. The molecule has 1 aromatic heterocycles. The van der Waals surface area contributed by atoms with Gasteiger partial charge in [0, 0.05) is 5.69 Å². The quantitative estimate of drug-likeness (QED) is 0.930. The second kappa shape index (κ2) is 5.41. The van der Waals surface area contributed by atoms with Crippen molar-refractivity contribution < 1.29 is 5.11 Å². The Morgan fingerprint density at radius 1 is 1.25 bits per heavy atom. The number of benzene rings is 1. The summed E-state index contributed by atoms with van der Waals surface area (Å²) in [5.41, 5.74) is 4.75. The summed E-state index contributed by atoms with van der Waals surface area (Å²) in [5, 5.41) is 10.5. The number of rotatable bonds is 3. The predicted molar refractivity (Wildman–Crippen MR) is 79.7 cm³/mol. The lowest BCUT2D eigenvalue weighted by atomic mass is 10.0. The lowest BCUT2D eigenvalue weighted by Gasteiger charge is -2.18. The van der Waals surface area contributed by atoms with Crippen LogP contribution >= 0.6 is 0 Å².